The van der Waals surface area contributed by atoms with Crippen molar-refractivity contribution in [3.63, 3.8) is 0 Å². The molecule has 3 saturated carbocycles. The molecule has 1 spiro atoms. The van der Waals surface area contributed by atoms with Gasteiger partial charge in [-0.25, -0.2) is 9.97 Å². The minimum absolute atomic E-state index is 0.0503. The molecule has 1 saturated heterocycles. The van der Waals surface area contributed by atoms with Gasteiger partial charge in [0.2, 0.25) is 0 Å². The molecular formula is C17H22N4O. The Morgan fingerprint density at radius 1 is 1.27 bits per heavy atom. The van der Waals surface area contributed by atoms with Crippen LogP contribution in [0.4, 0.5) is 5.82 Å². The van der Waals surface area contributed by atoms with E-state index in [0.29, 0.717) is 28.8 Å². The third-order valence-corrected chi connectivity index (χ3v) is 6.14. The van der Waals surface area contributed by atoms with Crippen molar-refractivity contribution < 1.29 is 4.79 Å². The van der Waals surface area contributed by atoms with Crippen LogP contribution in [-0.4, -0.2) is 33.4 Å². The summed E-state index contributed by atoms with van der Waals surface area (Å²) < 4.78 is 0. The summed E-state index contributed by atoms with van der Waals surface area (Å²) in [5, 5.41) is 0. The Labute approximate surface area is 130 Å². The average molecular weight is 298 g/mol. The SMILES string of the molecule is Nc1nc(C2CC2)ncc1C(=O)N1CC2(CCC2)C1C1CC1. The Morgan fingerprint density at radius 2 is 2.05 bits per heavy atom. The molecule has 0 aromatic carbocycles. The number of aromatic nitrogens is 2. The minimum atomic E-state index is 0.0503. The zero-order valence-electron chi connectivity index (χ0n) is 12.8. The van der Waals surface area contributed by atoms with Crippen LogP contribution in [0.1, 0.15) is 67.0 Å². The number of nitrogens with zero attached hydrogens (tertiary/aromatic N) is 3. The zero-order valence-corrected chi connectivity index (χ0v) is 12.8. The summed E-state index contributed by atoms with van der Waals surface area (Å²) in [6.45, 7) is 0.914. The lowest BCUT2D eigenvalue weighted by molar-refractivity contribution is -0.111. The van der Waals surface area contributed by atoms with E-state index in [1.807, 2.05) is 0 Å². The van der Waals surface area contributed by atoms with Gasteiger partial charge < -0.3 is 10.6 Å². The van der Waals surface area contributed by atoms with Crippen LogP contribution >= 0.6 is 0 Å². The highest BCUT2D eigenvalue weighted by molar-refractivity contribution is 5.98. The molecule has 2 heterocycles. The summed E-state index contributed by atoms with van der Waals surface area (Å²) >= 11 is 0. The first kappa shape index (κ1) is 12.9. The van der Waals surface area contributed by atoms with Crippen LogP contribution in [0.15, 0.2) is 6.20 Å². The molecule has 1 aliphatic heterocycles. The third kappa shape index (κ3) is 1.74. The highest BCUT2D eigenvalue weighted by Crippen LogP contribution is 2.60. The molecule has 1 aromatic rings. The van der Waals surface area contributed by atoms with Crippen molar-refractivity contribution in [2.45, 2.75) is 56.9 Å². The second-order valence-electron chi connectivity index (χ2n) is 7.73. The fraction of sp³-hybridized carbons (Fsp3) is 0.706. The molecule has 1 aromatic heterocycles. The maximum atomic E-state index is 12.9. The lowest BCUT2D eigenvalue weighted by Crippen LogP contribution is -2.69. The number of nitrogens with two attached hydrogens (primary N) is 1. The number of likely N-dealkylation sites (tertiary alicyclic amines) is 1. The van der Waals surface area contributed by atoms with E-state index >= 15 is 0 Å². The average Bonchev–Trinajstić information content (AvgIpc) is 3.29. The van der Waals surface area contributed by atoms with Crippen molar-refractivity contribution in [3.05, 3.63) is 17.6 Å². The Morgan fingerprint density at radius 3 is 2.59 bits per heavy atom. The number of amides is 1. The number of rotatable bonds is 3. The molecule has 4 fully saturated rings. The summed E-state index contributed by atoms with van der Waals surface area (Å²) in [5.74, 6) is 2.42. The molecule has 4 aliphatic rings. The summed E-state index contributed by atoms with van der Waals surface area (Å²) in [5.41, 5.74) is 7.01. The Kier molecular flexibility index (Phi) is 2.46. The van der Waals surface area contributed by atoms with Gasteiger partial charge in [0.25, 0.3) is 5.91 Å². The Balaban J connectivity index is 1.40. The normalized spacial score (nSPS) is 29.1. The van der Waals surface area contributed by atoms with Gasteiger partial charge in [0.05, 0.1) is 0 Å². The van der Waals surface area contributed by atoms with E-state index in [4.69, 9.17) is 5.73 Å². The first-order valence-electron chi connectivity index (χ1n) is 8.61. The third-order valence-electron chi connectivity index (χ3n) is 6.14. The summed E-state index contributed by atoms with van der Waals surface area (Å²) in [6.07, 6.45) is 10.4. The van der Waals surface area contributed by atoms with Gasteiger partial charge in [-0.3, -0.25) is 4.79 Å². The van der Waals surface area contributed by atoms with Gasteiger partial charge in [-0.05, 0) is 44.4 Å². The van der Waals surface area contributed by atoms with E-state index in [1.54, 1.807) is 6.20 Å². The highest BCUT2D eigenvalue weighted by Gasteiger charge is 2.61. The van der Waals surface area contributed by atoms with Gasteiger partial charge in [-0.2, -0.15) is 0 Å². The van der Waals surface area contributed by atoms with E-state index in [9.17, 15) is 4.79 Å². The largest absolute Gasteiger partial charge is 0.383 e. The van der Waals surface area contributed by atoms with Crippen LogP contribution in [0, 0.1) is 11.3 Å². The maximum absolute atomic E-state index is 12.9. The number of anilines is 1. The highest BCUT2D eigenvalue weighted by atomic mass is 16.2. The fourth-order valence-electron chi connectivity index (χ4n) is 4.47. The smallest absolute Gasteiger partial charge is 0.259 e. The van der Waals surface area contributed by atoms with Crippen LogP contribution in [0.3, 0.4) is 0 Å². The molecule has 0 radical (unpaired) electrons. The van der Waals surface area contributed by atoms with Gasteiger partial charge in [0.15, 0.2) is 0 Å². The maximum Gasteiger partial charge on any atom is 0.259 e. The van der Waals surface area contributed by atoms with Gasteiger partial charge in [-0.1, -0.05) is 6.42 Å². The van der Waals surface area contributed by atoms with Crippen molar-refractivity contribution >= 4 is 11.7 Å². The molecule has 5 rings (SSSR count). The molecule has 0 bridgehead atoms. The molecule has 1 atom stereocenters. The van der Waals surface area contributed by atoms with Crippen LogP contribution in [0.5, 0.6) is 0 Å². The van der Waals surface area contributed by atoms with E-state index in [2.05, 4.69) is 14.9 Å². The van der Waals surface area contributed by atoms with E-state index in [0.717, 1.165) is 31.1 Å². The molecule has 1 unspecified atom stereocenters. The van der Waals surface area contributed by atoms with Crippen molar-refractivity contribution in [1.82, 2.24) is 14.9 Å². The molecule has 5 heteroatoms. The van der Waals surface area contributed by atoms with Gasteiger partial charge in [0.1, 0.15) is 17.2 Å². The number of hydrogen-bond donors (Lipinski definition) is 1. The number of hydrogen-bond acceptors (Lipinski definition) is 4. The first-order valence-corrected chi connectivity index (χ1v) is 8.61. The fourth-order valence-corrected chi connectivity index (χ4v) is 4.47. The summed E-state index contributed by atoms with van der Waals surface area (Å²) in [6, 6.07) is 0.455. The monoisotopic (exact) mass is 298 g/mol. The minimum Gasteiger partial charge on any atom is -0.383 e. The standard InChI is InChI=1S/C17H22N4O/c18-14-12(8-19-15(20-14)11-4-5-11)16(22)21-9-17(6-1-7-17)13(21)10-2-3-10/h8,10-11,13H,1-7,9H2,(H2,18,19,20). The molecule has 3 aliphatic carbocycles. The van der Waals surface area contributed by atoms with E-state index < -0.39 is 0 Å². The topological polar surface area (TPSA) is 72.1 Å². The summed E-state index contributed by atoms with van der Waals surface area (Å²) in [7, 11) is 0. The van der Waals surface area contributed by atoms with E-state index in [-0.39, 0.29) is 5.91 Å². The molecule has 1 amide bonds. The quantitative estimate of drug-likeness (QED) is 0.929. The van der Waals surface area contributed by atoms with Crippen molar-refractivity contribution in [3.8, 4) is 0 Å². The molecular weight excluding hydrogens is 276 g/mol. The molecule has 22 heavy (non-hydrogen) atoms. The summed E-state index contributed by atoms with van der Waals surface area (Å²) in [4.78, 5) is 23.7. The molecule has 2 N–H and O–H groups in total. The van der Waals surface area contributed by atoms with Crippen LogP contribution in [-0.2, 0) is 0 Å². The second kappa shape index (κ2) is 4.21. The van der Waals surface area contributed by atoms with Gasteiger partial charge in [0, 0.05) is 30.1 Å². The van der Waals surface area contributed by atoms with Crippen molar-refractivity contribution in [2.24, 2.45) is 11.3 Å². The predicted molar refractivity (Wildman–Crippen MR) is 82.3 cm³/mol. The first-order chi connectivity index (χ1) is 10.7. The van der Waals surface area contributed by atoms with Crippen LogP contribution in [0.25, 0.3) is 0 Å². The van der Waals surface area contributed by atoms with Crippen LogP contribution < -0.4 is 5.73 Å². The lowest BCUT2D eigenvalue weighted by Gasteiger charge is -2.63. The molecule has 5 nitrogen and oxygen atoms in total. The van der Waals surface area contributed by atoms with Crippen LogP contribution in [0.2, 0.25) is 0 Å². The number of carbonyl (C=O) groups excluding carboxylic acids is 1. The second-order valence-corrected chi connectivity index (χ2v) is 7.73. The Bertz CT molecular complexity index is 646. The Hall–Kier alpha value is -1.65. The van der Waals surface area contributed by atoms with Crippen molar-refractivity contribution in [1.29, 1.82) is 0 Å². The van der Waals surface area contributed by atoms with Gasteiger partial charge >= 0.3 is 0 Å². The van der Waals surface area contributed by atoms with E-state index in [1.165, 1.54) is 32.1 Å². The number of carbonyl (C=O) groups is 1. The lowest BCUT2D eigenvalue weighted by atomic mass is 9.56. The zero-order chi connectivity index (χ0) is 14.9. The molecule has 116 valence electrons. The predicted octanol–water partition coefficient (Wildman–Crippen LogP) is 2.34. The van der Waals surface area contributed by atoms with Crippen molar-refractivity contribution in [2.75, 3.05) is 12.3 Å². The van der Waals surface area contributed by atoms with Gasteiger partial charge in [-0.15, -0.1) is 0 Å². The number of nitrogen functional groups attached to an aromatic ring is 1.